The summed E-state index contributed by atoms with van der Waals surface area (Å²) in [5, 5.41) is 49.7. The molecule has 1 unspecified atom stereocenters. The van der Waals surface area contributed by atoms with Crippen molar-refractivity contribution in [1.82, 2.24) is 5.48 Å². The third kappa shape index (κ3) is 3.40. The molecule has 0 aromatic heterocycles. The maximum Gasteiger partial charge on any atom is 0.246 e. The molecule has 28 heavy (non-hydrogen) atoms. The van der Waals surface area contributed by atoms with E-state index in [-0.39, 0.29) is 17.1 Å². The number of aliphatic hydroxyl groups is 1. The van der Waals surface area contributed by atoms with Gasteiger partial charge in [-0.15, -0.1) is 0 Å². The van der Waals surface area contributed by atoms with Gasteiger partial charge in [0.2, 0.25) is 11.7 Å². The highest BCUT2D eigenvalue weighted by Gasteiger charge is 2.41. The van der Waals surface area contributed by atoms with Gasteiger partial charge in [0.05, 0.1) is 18.6 Å². The minimum absolute atomic E-state index is 0.133. The number of hydrogen-bond donors (Lipinski definition) is 6. The lowest BCUT2D eigenvalue weighted by Gasteiger charge is -2.32. The highest BCUT2D eigenvalue weighted by molar-refractivity contribution is 5.80. The molecule has 9 heteroatoms. The van der Waals surface area contributed by atoms with Crippen LogP contribution in [-0.4, -0.2) is 38.1 Å². The predicted molar refractivity (Wildman–Crippen MR) is 96.1 cm³/mol. The number of rotatable bonds is 5. The van der Waals surface area contributed by atoms with Gasteiger partial charge in [-0.05, 0) is 37.3 Å². The Bertz CT molecular complexity index is 938. The smallest absolute Gasteiger partial charge is 0.246 e. The zero-order chi connectivity index (χ0) is 20.5. The van der Waals surface area contributed by atoms with Gasteiger partial charge in [-0.3, -0.25) is 10.0 Å². The number of benzene rings is 2. The molecule has 0 saturated carbocycles. The van der Waals surface area contributed by atoms with Gasteiger partial charge < -0.3 is 29.9 Å². The number of aromatic hydroxyl groups is 3. The molecule has 9 nitrogen and oxygen atoms in total. The molecule has 2 aromatic carbocycles. The van der Waals surface area contributed by atoms with Crippen LogP contribution in [0.3, 0.4) is 0 Å². The average molecular weight is 389 g/mol. The molecule has 2 aromatic rings. The Kier molecular flexibility index (Phi) is 5.04. The molecule has 3 rings (SSSR count). The summed E-state index contributed by atoms with van der Waals surface area (Å²) in [5.41, 5.74) is -0.525. The summed E-state index contributed by atoms with van der Waals surface area (Å²) >= 11 is 0. The zero-order valence-electron chi connectivity index (χ0n) is 14.8. The molecule has 0 spiro atoms. The summed E-state index contributed by atoms with van der Waals surface area (Å²) in [5.74, 6) is -2.73. The molecular formula is C19H19NO8. The summed E-state index contributed by atoms with van der Waals surface area (Å²) < 4.78 is 11.1. The summed E-state index contributed by atoms with van der Waals surface area (Å²) in [6.07, 6.45) is 0.495. The molecule has 0 bridgehead atoms. The monoisotopic (exact) mass is 389 g/mol. The van der Waals surface area contributed by atoms with Gasteiger partial charge in [-0.2, -0.15) is 0 Å². The summed E-state index contributed by atoms with van der Waals surface area (Å²) in [7, 11) is 0. The summed E-state index contributed by atoms with van der Waals surface area (Å²) in [6, 6.07) is 7.70. The van der Waals surface area contributed by atoms with Gasteiger partial charge in [-0.25, -0.2) is 5.48 Å². The maximum absolute atomic E-state index is 11.7. The minimum atomic E-state index is -2.14. The van der Waals surface area contributed by atoms with E-state index >= 15 is 0 Å². The fourth-order valence-corrected chi connectivity index (χ4v) is 3.01. The normalized spacial score (nSPS) is 17.9. The van der Waals surface area contributed by atoms with Crippen LogP contribution in [0.2, 0.25) is 0 Å². The second-order valence-corrected chi connectivity index (χ2v) is 6.17. The van der Waals surface area contributed by atoms with E-state index in [1.54, 1.807) is 24.3 Å². The molecule has 1 amide bonds. The Morgan fingerprint density at radius 3 is 2.46 bits per heavy atom. The van der Waals surface area contributed by atoms with Crippen molar-refractivity contribution >= 4 is 11.7 Å². The number of hydroxylamine groups is 1. The quantitative estimate of drug-likeness (QED) is 0.257. The van der Waals surface area contributed by atoms with E-state index in [1.807, 2.05) is 6.92 Å². The second kappa shape index (κ2) is 7.29. The fourth-order valence-electron chi connectivity index (χ4n) is 3.01. The first-order chi connectivity index (χ1) is 13.3. The molecular weight excluding hydrogens is 370 g/mol. The number of ether oxygens (including phenoxy) is 2. The lowest BCUT2D eigenvalue weighted by Crippen LogP contribution is -2.34. The van der Waals surface area contributed by atoms with Crippen LogP contribution in [0.15, 0.2) is 36.4 Å². The molecule has 1 heterocycles. The minimum Gasteiger partial charge on any atom is -0.504 e. The Morgan fingerprint density at radius 1 is 1.18 bits per heavy atom. The van der Waals surface area contributed by atoms with Gasteiger partial charge in [-0.1, -0.05) is 0 Å². The van der Waals surface area contributed by atoms with Crippen LogP contribution in [-0.2, 0) is 10.4 Å². The van der Waals surface area contributed by atoms with E-state index < -0.39 is 35.2 Å². The van der Waals surface area contributed by atoms with Crippen molar-refractivity contribution in [2.75, 3.05) is 6.61 Å². The van der Waals surface area contributed by atoms with Crippen LogP contribution >= 0.6 is 0 Å². The van der Waals surface area contributed by atoms with Gasteiger partial charge in [0.1, 0.15) is 22.9 Å². The molecule has 0 aliphatic carbocycles. The first kappa shape index (κ1) is 19.3. The van der Waals surface area contributed by atoms with Gasteiger partial charge in [0.25, 0.3) is 0 Å². The number of amides is 1. The number of nitrogens with one attached hydrogen (secondary N) is 1. The fraction of sp³-hybridized carbons (Fsp3) is 0.211. The zero-order valence-corrected chi connectivity index (χ0v) is 14.8. The number of phenols is 3. The van der Waals surface area contributed by atoms with E-state index in [0.29, 0.717) is 17.9 Å². The highest BCUT2D eigenvalue weighted by Crippen LogP contribution is 2.52. The molecule has 1 atom stereocenters. The van der Waals surface area contributed by atoms with Crippen LogP contribution in [0.25, 0.3) is 5.76 Å². The lowest BCUT2D eigenvalue weighted by atomic mass is 9.85. The van der Waals surface area contributed by atoms with E-state index in [2.05, 4.69) is 0 Å². The first-order valence-electron chi connectivity index (χ1n) is 8.36. The summed E-state index contributed by atoms with van der Waals surface area (Å²) in [6.45, 7) is 2.34. The molecule has 1 aliphatic heterocycles. The Labute approximate surface area is 159 Å². The average Bonchev–Trinajstić information content (AvgIpc) is 2.66. The van der Waals surface area contributed by atoms with Crippen LogP contribution in [0.5, 0.6) is 28.7 Å². The molecule has 0 saturated heterocycles. The SMILES string of the molecule is CCOc1ccc(C2=CC(O)(CC(=O)NO)c3c(cc(O)c(O)c3O)O2)cc1. The molecule has 0 fully saturated rings. The number of carbonyl (C=O) groups excluding carboxylic acids is 1. The van der Waals surface area contributed by atoms with E-state index in [4.69, 9.17) is 14.7 Å². The highest BCUT2D eigenvalue weighted by atomic mass is 16.5. The Morgan fingerprint density at radius 2 is 1.86 bits per heavy atom. The van der Waals surface area contributed by atoms with Crippen molar-refractivity contribution in [2.45, 2.75) is 18.9 Å². The van der Waals surface area contributed by atoms with Gasteiger partial charge in [0.15, 0.2) is 11.5 Å². The molecule has 6 N–H and O–H groups in total. The second-order valence-electron chi connectivity index (χ2n) is 6.17. The largest absolute Gasteiger partial charge is 0.504 e. The maximum atomic E-state index is 11.7. The third-order valence-electron chi connectivity index (χ3n) is 4.25. The lowest BCUT2D eigenvalue weighted by molar-refractivity contribution is -0.133. The van der Waals surface area contributed by atoms with Crippen molar-refractivity contribution in [3.05, 3.63) is 47.5 Å². The predicted octanol–water partition coefficient (Wildman–Crippen LogP) is 1.72. The van der Waals surface area contributed by atoms with Crippen LogP contribution in [0, 0.1) is 0 Å². The van der Waals surface area contributed by atoms with Crippen LogP contribution < -0.4 is 15.0 Å². The number of phenolic OH excluding ortho intramolecular Hbond substituents is 3. The molecule has 1 aliphatic rings. The van der Waals surface area contributed by atoms with Gasteiger partial charge >= 0.3 is 0 Å². The van der Waals surface area contributed by atoms with Crippen molar-refractivity contribution in [3.8, 4) is 28.7 Å². The van der Waals surface area contributed by atoms with Gasteiger partial charge in [0, 0.05) is 11.6 Å². The topological polar surface area (TPSA) is 149 Å². The third-order valence-corrected chi connectivity index (χ3v) is 4.25. The van der Waals surface area contributed by atoms with Crippen LogP contribution in [0.1, 0.15) is 24.5 Å². The van der Waals surface area contributed by atoms with Crippen molar-refractivity contribution in [2.24, 2.45) is 0 Å². The molecule has 0 radical (unpaired) electrons. The van der Waals surface area contributed by atoms with Crippen molar-refractivity contribution < 1.29 is 39.9 Å². The Balaban J connectivity index is 2.12. The Hall–Kier alpha value is -3.43. The number of carbonyl (C=O) groups is 1. The standard InChI is InChI=1S/C19H19NO8/c1-2-27-11-5-3-10(4-6-11)14-8-19(25,9-15(22)20-26)16-13(28-14)7-12(21)17(23)18(16)24/h3-8,21,23-26H,2,9H2,1H3,(H,20,22). The number of fused-ring (bicyclic) bond motifs is 1. The number of hydrogen-bond acceptors (Lipinski definition) is 8. The summed E-state index contributed by atoms with van der Waals surface area (Å²) in [4.78, 5) is 11.7. The first-order valence-corrected chi connectivity index (χ1v) is 8.36. The van der Waals surface area contributed by atoms with Crippen LogP contribution in [0.4, 0.5) is 0 Å². The van der Waals surface area contributed by atoms with Crippen molar-refractivity contribution in [1.29, 1.82) is 0 Å². The van der Waals surface area contributed by atoms with E-state index in [1.165, 1.54) is 11.6 Å². The van der Waals surface area contributed by atoms with E-state index in [0.717, 1.165) is 6.07 Å². The van der Waals surface area contributed by atoms with Crippen molar-refractivity contribution in [3.63, 3.8) is 0 Å². The molecule has 148 valence electrons. The van der Waals surface area contributed by atoms with E-state index in [9.17, 15) is 25.2 Å².